The molecule has 1 N–H and O–H groups in total. The number of sulfonamides is 1. The Morgan fingerprint density at radius 3 is 2.29 bits per heavy atom. The standard InChI is InChI=1S/C18H27NO4S/c1-14(2)3-4-15-5-7-17(8-6-15)24(22,23)19-11-9-16(10-12-19)13-18(20)21/h5-8,14,16H,3-4,9-13H2,1-2H3,(H,20,21). The minimum atomic E-state index is -3.48. The first kappa shape index (κ1) is 18.9. The van der Waals surface area contributed by atoms with Crippen molar-refractivity contribution in [1.29, 1.82) is 0 Å². The quantitative estimate of drug-likeness (QED) is 0.817. The van der Waals surface area contributed by atoms with Crippen molar-refractivity contribution in [2.45, 2.75) is 50.8 Å². The van der Waals surface area contributed by atoms with E-state index in [1.165, 1.54) is 4.31 Å². The summed E-state index contributed by atoms with van der Waals surface area (Å²) >= 11 is 0. The summed E-state index contributed by atoms with van der Waals surface area (Å²) in [5, 5.41) is 8.84. The minimum absolute atomic E-state index is 0.0763. The van der Waals surface area contributed by atoms with Crippen molar-refractivity contribution < 1.29 is 18.3 Å². The smallest absolute Gasteiger partial charge is 0.303 e. The Kier molecular flexibility index (Phi) is 6.40. The molecule has 0 aliphatic carbocycles. The molecule has 0 aromatic heterocycles. The summed E-state index contributed by atoms with van der Waals surface area (Å²) in [4.78, 5) is 11.1. The monoisotopic (exact) mass is 353 g/mol. The molecule has 1 aromatic carbocycles. The van der Waals surface area contributed by atoms with Crippen LogP contribution >= 0.6 is 0 Å². The van der Waals surface area contributed by atoms with Gasteiger partial charge in [-0.1, -0.05) is 26.0 Å². The third-order valence-corrected chi connectivity index (χ3v) is 6.52. The number of piperidine rings is 1. The van der Waals surface area contributed by atoms with Crippen LogP contribution in [0.15, 0.2) is 29.2 Å². The van der Waals surface area contributed by atoms with Crippen LogP contribution < -0.4 is 0 Å². The Hall–Kier alpha value is -1.40. The van der Waals surface area contributed by atoms with Crippen LogP contribution in [0.1, 0.15) is 45.1 Å². The number of benzene rings is 1. The largest absolute Gasteiger partial charge is 0.481 e. The highest BCUT2D eigenvalue weighted by Gasteiger charge is 2.30. The molecule has 1 aliphatic rings. The fourth-order valence-corrected chi connectivity index (χ4v) is 4.50. The lowest BCUT2D eigenvalue weighted by atomic mass is 9.95. The van der Waals surface area contributed by atoms with Gasteiger partial charge in [-0.25, -0.2) is 8.42 Å². The first-order chi connectivity index (χ1) is 11.3. The lowest BCUT2D eigenvalue weighted by molar-refractivity contribution is -0.138. The van der Waals surface area contributed by atoms with E-state index in [4.69, 9.17) is 5.11 Å². The van der Waals surface area contributed by atoms with E-state index in [9.17, 15) is 13.2 Å². The lowest BCUT2D eigenvalue weighted by Crippen LogP contribution is -2.38. The molecule has 0 bridgehead atoms. The van der Waals surface area contributed by atoms with Crippen LogP contribution in [0.5, 0.6) is 0 Å². The van der Waals surface area contributed by atoms with E-state index in [0.717, 1.165) is 18.4 Å². The van der Waals surface area contributed by atoms with Gasteiger partial charge in [-0.05, 0) is 55.2 Å². The maximum Gasteiger partial charge on any atom is 0.303 e. The molecule has 1 fully saturated rings. The van der Waals surface area contributed by atoms with Crippen molar-refractivity contribution in [3.05, 3.63) is 29.8 Å². The van der Waals surface area contributed by atoms with E-state index in [0.29, 0.717) is 36.7 Å². The van der Waals surface area contributed by atoms with Crippen molar-refractivity contribution in [3.8, 4) is 0 Å². The number of rotatable bonds is 7. The van der Waals surface area contributed by atoms with Gasteiger partial charge in [0.25, 0.3) is 0 Å². The van der Waals surface area contributed by atoms with Gasteiger partial charge in [-0.15, -0.1) is 0 Å². The molecule has 0 saturated carbocycles. The molecule has 6 heteroatoms. The zero-order valence-corrected chi connectivity index (χ0v) is 15.3. The predicted molar refractivity (Wildman–Crippen MR) is 93.3 cm³/mol. The summed E-state index contributed by atoms with van der Waals surface area (Å²) in [5.74, 6) is -0.110. The Bertz CT molecular complexity index is 644. The van der Waals surface area contributed by atoms with Gasteiger partial charge in [-0.2, -0.15) is 4.31 Å². The average Bonchev–Trinajstić information content (AvgIpc) is 2.53. The van der Waals surface area contributed by atoms with Gasteiger partial charge < -0.3 is 5.11 Å². The van der Waals surface area contributed by atoms with E-state index in [-0.39, 0.29) is 12.3 Å². The Morgan fingerprint density at radius 2 is 1.79 bits per heavy atom. The molecule has 134 valence electrons. The molecule has 0 radical (unpaired) electrons. The molecular weight excluding hydrogens is 326 g/mol. The molecule has 24 heavy (non-hydrogen) atoms. The number of carboxylic acids is 1. The normalized spacial score (nSPS) is 17.3. The van der Waals surface area contributed by atoms with Crippen LogP contribution in [0, 0.1) is 11.8 Å². The van der Waals surface area contributed by atoms with Gasteiger partial charge in [0.2, 0.25) is 10.0 Å². The molecule has 5 nitrogen and oxygen atoms in total. The Morgan fingerprint density at radius 1 is 1.21 bits per heavy atom. The van der Waals surface area contributed by atoms with Crippen molar-refractivity contribution in [2.24, 2.45) is 11.8 Å². The summed E-state index contributed by atoms with van der Waals surface area (Å²) in [6.07, 6.45) is 3.39. The molecular formula is C18H27NO4S. The SMILES string of the molecule is CC(C)CCc1ccc(S(=O)(=O)N2CCC(CC(=O)O)CC2)cc1. The second-order valence-electron chi connectivity index (χ2n) is 7.02. The Labute approximate surface area is 144 Å². The molecule has 1 heterocycles. The molecule has 0 spiro atoms. The second-order valence-corrected chi connectivity index (χ2v) is 8.96. The van der Waals surface area contributed by atoms with Crippen molar-refractivity contribution in [2.75, 3.05) is 13.1 Å². The zero-order chi connectivity index (χ0) is 17.7. The molecule has 1 aromatic rings. The first-order valence-corrected chi connectivity index (χ1v) is 10.0. The Balaban J connectivity index is 1.99. The van der Waals surface area contributed by atoms with E-state index in [1.807, 2.05) is 12.1 Å². The van der Waals surface area contributed by atoms with Crippen molar-refractivity contribution in [3.63, 3.8) is 0 Å². The van der Waals surface area contributed by atoms with Crippen LogP contribution in [0.4, 0.5) is 0 Å². The van der Waals surface area contributed by atoms with Crippen molar-refractivity contribution >= 4 is 16.0 Å². The maximum absolute atomic E-state index is 12.7. The highest BCUT2D eigenvalue weighted by molar-refractivity contribution is 7.89. The van der Waals surface area contributed by atoms with Gasteiger partial charge in [0.05, 0.1) is 4.90 Å². The van der Waals surface area contributed by atoms with Crippen LogP contribution in [0.2, 0.25) is 0 Å². The summed E-state index contributed by atoms with van der Waals surface area (Å²) in [5.41, 5.74) is 1.16. The number of carboxylic acid groups (broad SMARTS) is 1. The summed E-state index contributed by atoms with van der Waals surface area (Å²) in [7, 11) is -3.48. The van der Waals surface area contributed by atoms with Crippen molar-refractivity contribution in [1.82, 2.24) is 4.31 Å². The fraction of sp³-hybridized carbons (Fsp3) is 0.611. The highest BCUT2D eigenvalue weighted by atomic mass is 32.2. The van der Waals surface area contributed by atoms with E-state index in [2.05, 4.69) is 13.8 Å². The predicted octanol–water partition coefficient (Wildman–Crippen LogP) is 3.15. The topological polar surface area (TPSA) is 74.7 Å². The van der Waals surface area contributed by atoms with Crippen LogP contribution in [0.25, 0.3) is 0 Å². The minimum Gasteiger partial charge on any atom is -0.481 e. The van der Waals surface area contributed by atoms with E-state index < -0.39 is 16.0 Å². The fourth-order valence-electron chi connectivity index (χ4n) is 3.03. The molecule has 1 aliphatic heterocycles. The molecule has 0 unspecified atom stereocenters. The number of aryl methyl sites for hydroxylation is 1. The summed E-state index contributed by atoms with van der Waals surface area (Å²) in [6, 6.07) is 7.17. The van der Waals surface area contributed by atoms with Crippen LogP contribution in [-0.2, 0) is 21.2 Å². The zero-order valence-electron chi connectivity index (χ0n) is 14.4. The highest BCUT2D eigenvalue weighted by Crippen LogP contribution is 2.26. The van der Waals surface area contributed by atoms with Gasteiger partial charge >= 0.3 is 5.97 Å². The van der Waals surface area contributed by atoms with Gasteiger partial charge in [0.15, 0.2) is 0 Å². The molecule has 0 amide bonds. The van der Waals surface area contributed by atoms with Crippen LogP contribution in [0.3, 0.4) is 0 Å². The number of nitrogens with zero attached hydrogens (tertiary/aromatic N) is 1. The molecule has 2 rings (SSSR count). The van der Waals surface area contributed by atoms with Gasteiger partial charge in [-0.3, -0.25) is 4.79 Å². The number of hydrogen-bond acceptors (Lipinski definition) is 3. The first-order valence-electron chi connectivity index (χ1n) is 8.60. The van der Waals surface area contributed by atoms with Gasteiger partial charge in [0.1, 0.15) is 0 Å². The van der Waals surface area contributed by atoms with Gasteiger partial charge in [0, 0.05) is 19.5 Å². The summed E-state index contributed by atoms with van der Waals surface area (Å²) < 4.78 is 26.9. The maximum atomic E-state index is 12.7. The number of aliphatic carboxylic acids is 1. The number of carbonyl (C=O) groups is 1. The van der Waals surface area contributed by atoms with E-state index in [1.54, 1.807) is 12.1 Å². The third-order valence-electron chi connectivity index (χ3n) is 4.61. The average molecular weight is 353 g/mol. The summed E-state index contributed by atoms with van der Waals surface area (Å²) in [6.45, 7) is 5.14. The van der Waals surface area contributed by atoms with E-state index >= 15 is 0 Å². The molecule has 0 atom stereocenters. The number of hydrogen-bond donors (Lipinski definition) is 1. The molecule has 1 saturated heterocycles. The van der Waals surface area contributed by atoms with Crippen LogP contribution in [-0.4, -0.2) is 36.9 Å². The lowest BCUT2D eigenvalue weighted by Gasteiger charge is -2.30. The third kappa shape index (κ3) is 5.05. The second kappa shape index (κ2) is 8.12.